The standard InChI is InChI=1S/C20H24N2O2/c1-2-24-19-11-7-6-10-18(19)16-21-12-14-22(15-13-21)20(23)17-8-4-3-5-9-17/h3-11H,2,12-16H2,1H3. The summed E-state index contributed by atoms with van der Waals surface area (Å²) < 4.78 is 5.70. The SMILES string of the molecule is CCOc1ccccc1CN1CCN(C(=O)c2ccccc2)CC1. The molecule has 1 aliphatic rings. The second-order valence-corrected chi connectivity index (χ2v) is 5.98. The number of rotatable bonds is 5. The number of ether oxygens (including phenoxy) is 1. The first kappa shape index (κ1) is 16.5. The van der Waals surface area contributed by atoms with Gasteiger partial charge in [0.1, 0.15) is 5.75 Å². The van der Waals surface area contributed by atoms with E-state index in [-0.39, 0.29) is 5.91 Å². The Labute approximate surface area is 143 Å². The normalized spacial score (nSPS) is 15.3. The molecule has 1 heterocycles. The van der Waals surface area contributed by atoms with Crippen molar-refractivity contribution in [1.82, 2.24) is 9.80 Å². The molecule has 1 aliphatic heterocycles. The maximum Gasteiger partial charge on any atom is 0.253 e. The largest absolute Gasteiger partial charge is 0.494 e. The van der Waals surface area contributed by atoms with Crippen LogP contribution in [0, 0.1) is 0 Å². The average Bonchev–Trinajstić information content (AvgIpc) is 2.64. The molecule has 0 spiro atoms. The van der Waals surface area contributed by atoms with Gasteiger partial charge in [0.2, 0.25) is 0 Å². The zero-order valence-corrected chi connectivity index (χ0v) is 14.1. The van der Waals surface area contributed by atoms with Crippen LogP contribution in [0.2, 0.25) is 0 Å². The zero-order chi connectivity index (χ0) is 16.8. The molecule has 0 atom stereocenters. The Morgan fingerprint density at radius 3 is 2.33 bits per heavy atom. The quantitative estimate of drug-likeness (QED) is 0.847. The number of carbonyl (C=O) groups excluding carboxylic acids is 1. The molecule has 2 aromatic carbocycles. The fourth-order valence-corrected chi connectivity index (χ4v) is 3.04. The number of amides is 1. The van der Waals surface area contributed by atoms with Gasteiger partial charge in [-0.3, -0.25) is 9.69 Å². The Hall–Kier alpha value is -2.33. The first-order chi connectivity index (χ1) is 11.8. The van der Waals surface area contributed by atoms with Crippen LogP contribution in [0.15, 0.2) is 54.6 Å². The predicted molar refractivity (Wildman–Crippen MR) is 95.2 cm³/mol. The summed E-state index contributed by atoms with van der Waals surface area (Å²) in [5.74, 6) is 1.09. The molecule has 4 heteroatoms. The summed E-state index contributed by atoms with van der Waals surface area (Å²) >= 11 is 0. The highest BCUT2D eigenvalue weighted by Crippen LogP contribution is 2.20. The fraction of sp³-hybridized carbons (Fsp3) is 0.350. The number of benzene rings is 2. The second-order valence-electron chi connectivity index (χ2n) is 5.98. The van der Waals surface area contributed by atoms with Gasteiger partial charge in [0.25, 0.3) is 5.91 Å². The third-order valence-electron chi connectivity index (χ3n) is 4.35. The van der Waals surface area contributed by atoms with Crippen molar-refractivity contribution in [1.29, 1.82) is 0 Å². The summed E-state index contributed by atoms with van der Waals surface area (Å²) in [5, 5.41) is 0. The number of carbonyl (C=O) groups is 1. The highest BCUT2D eigenvalue weighted by molar-refractivity contribution is 5.94. The monoisotopic (exact) mass is 324 g/mol. The summed E-state index contributed by atoms with van der Waals surface area (Å²) in [7, 11) is 0. The molecule has 0 radical (unpaired) electrons. The van der Waals surface area contributed by atoms with Crippen LogP contribution in [0.25, 0.3) is 0 Å². The molecule has 0 aromatic heterocycles. The molecule has 24 heavy (non-hydrogen) atoms. The van der Waals surface area contributed by atoms with E-state index in [0.717, 1.165) is 44.0 Å². The van der Waals surface area contributed by atoms with Crippen molar-refractivity contribution in [3.8, 4) is 5.75 Å². The Morgan fingerprint density at radius 1 is 0.958 bits per heavy atom. The van der Waals surface area contributed by atoms with E-state index in [1.807, 2.05) is 60.4 Å². The van der Waals surface area contributed by atoms with Crippen LogP contribution in [0.1, 0.15) is 22.8 Å². The summed E-state index contributed by atoms with van der Waals surface area (Å²) in [4.78, 5) is 16.8. The Bertz CT molecular complexity index is 664. The topological polar surface area (TPSA) is 32.8 Å². The minimum Gasteiger partial charge on any atom is -0.494 e. The molecule has 1 amide bonds. The van der Waals surface area contributed by atoms with Gasteiger partial charge in [-0.15, -0.1) is 0 Å². The molecule has 0 N–H and O–H groups in total. The van der Waals surface area contributed by atoms with Gasteiger partial charge in [0, 0.05) is 43.9 Å². The average molecular weight is 324 g/mol. The molecule has 4 nitrogen and oxygen atoms in total. The van der Waals surface area contributed by atoms with Crippen molar-refractivity contribution in [2.75, 3.05) is 32.8 Å². The zero-order valence-electron chi connectivity index (χ0n) is 14.1. The predicted octanol–water partition coefficient (Wildman–Crippen LogP) is 3.04. The first-order valence-corrected chi connectivity index (χ1v) is 8.55. The van der Waals surface area contributed by atoms with Crippen molar-refractivity contribution in [2.45, 2.75) is 13.5 Å². The van der Waals surface area contributed by atoms with E-state index in [9.17, 15) is 4.79 Å². The van der Waals surface area contributed by atoms with Gasteiger partial charge in [0.05, 0.1) is 6.61 Å². The third kappa shape index (κ3) is 3.95. The molecule has 3 rings (SSSR count). The lowest BCUT2D eigenvalue weighted by Gasteiger charge is -2.35. The number of para-hydroxylation sites is 1. The highest BCUT2D eigenvalue weighted by atomic mass is 16.5. The van der Waals surface area contributed by atoms with E-state index in [1.54, 1.807) is 0 Å². The van der Waals surface area contributed by atoms with Gasteiger partial charge in [-0.05, 0) is 25.1 Å². The molecule has 2 aromatic rings. The van der Waals surface area contributed by atoms with Crippen LogP contribution in [0.4, 0.5) is 0 Å². The first-order valence-electron chi connectivity index (χ1n) is 8.55. The van der Waals surface area contributed by atoms with Crippen molar-refractivity contribution in [2.24, 2.45) is 0 Å². The van der Waals surface area contributed by atoms with Crippen LogP contribution in [0.3, 0.4) is 0 Å². The van der Waals surface area contributed by atoms with Crippen LogP contribution in [-0.2, 0) is 6.54 Å². The van der Waals surface area contributed by atoms with Crippen molar-refractivity contribution >= 4 is 5.91 Å². The summed E-state index contributed by atoms with van der Waals surface area (Å²) in [5.41, 5.74) is 1.98. The Balaban J connectivity index is 1.57. The third-order valence-corrected chi connectivity index (χ3v) is 4.35. The van der Waals surface area contributed by atoms with Gasteiger partial charge < -0.3 is 9.64 Å². The molecular weight excluding hydrogens is 300 g/mol. The lowest BCUT2D eigenvalue weighted by Crippen LogP contribution is -2.48. The van der Waals surface area contributed by atoms with Crippen molar-refractivity contribution in [3.05, 3.63) is 65.7 Å². The van der Waals surface area contributed by atoms with E-state index in [0.29, 0.717) is 6.61 Å². The smallest absolute Gasteiger partial charge is 0.253 e. The Kier molecular flexibility index (Phi) is 5.49. The van der Waals surface area contributed by atoms with Crippen LogP contribution in [0.5, 0.6) is 5.75 Å². The molecule has 0 unspecified atom stereocenters. The number of hydrogen-bond acceptors (Lipinski definition) is 3. The second kappa shape index (κ2) is 7.97. The molecule has 0 bridgehead atoms. The minimum absolute atomic E-state index is 0.130. The molecule has 1 saturated heterocycles. The van der Waals surface area contributed by atoms with Crippen LogP contribution < -0.4 is 4.74 Å². The van der Waals surface area contributed by atoms with Gasteiger partial charge in [-0.1, -0.05) is 36.4 Å². The number of piperazine rings is 1. The highest BCUT2D eigenvalue weighted by Gasteiger charge is 2.22. The van der Waals surface area contributed by atoms with E-state index < -0.39 is 0 Å². The van der Waals surface area contributed by atoms with Gasteiger partial charge in [0.15, 0.2) is 0 Å². The van der Waals surface area contributed by atoms with E-state index in [1.165, 1.54) is 5.56 Å². The van der Waals surface area contributed by atoms with Crippen LogP contribution >= 0.6 is 0 Å². The van der Waals surface area contributed by atoms with E-state index >= 15 is 0 Å². The van der Waals surface area contributed by atoms with Crippen LogP contribution in [-0.4, -0.2) is 48.5 Å². The maximum absolute atomic E-state index is 12.5. The van der Waals surface area contributed by atoms with Crippen molar-refractivity contribution in [3.63, 3.8) is 0 Å². The summed E-state index contributed by atoms with van der Waals surface area (Å²) in [6.07, 6.45) is 0. The molecule has 0 aliphatic carbocycles. The lowest BCUT2D eigenvalue weighted by atomic mass is 10.1. The molecule has 1 fully saturated rings. The van der Waals surface area contributed by atoms with Gasteiger partial charge >= 0.3 is 0 Å². The summed E-state index contributed by atoms with van der Waals surface area (Å²) in [6.45, 7) is 6.86. The minimum atomic E-state index is 0.130. The van der Waals surface area contributed by atoms with Gasteiger partial charge in [-0.2, -0.15) is 0 Å². The Morgan fingerprint density at radius 2 is 1.62 bits per heavy atom. The van der Waals surface area contributed by atoms with Gasteiger partial charge in [-0.25, -0.2) is 0 Å². The lowest BCUT2D eigenvalue weighted by molar-refractivity contribution is 0.0627. The summed E-state index contributed by atoms with van der Waals surface area (Å²) in [6, 6.07) is 17.7. The number of nitrogens with zero attached hydrogens (tertiary/aromatic N) is 2. The van der Waals surface area contributed by atoms with E-state index in [2.05, 4.69) is 11.0 Å². The molecule has 126 valence electrons. The van der Waals surface area contributed by atoms with Crippen molar-refractivity contribution < 1.29 is 9.53 Å². The number of hydrogen-bond donors (Lipinski definition) is 0. The van der Waals surface area contributed by atoms with E-state index in [4.69, 9.17) is 4.74 Å². The fourth-order valence-electron chi connectivity index (χ4n) is 3.04. The maximum atomic E-state index is 12.5. The molecular formula is C20H24N2O2. The molecule has 0 saturated carbocycles.